The van der Waals surface area contributed by atoms with Crippen LogP contribution in [0.15, 0.2) is 70.3 Å². The van der Waals surface area contributed by atoms with E-state index in [1.807, 2.05) is 0 Å². The molecule has 0 amide bonds. The first-order valence-corrected chi connectivity index (χ1v) is 9.62. The Morgan fingerprint density at radius 3 is 1.95 bits per heavy atom. The molecule has 1 atom stereocenters. The van der Waals surface area contributed by atoms with Crippen LogP contribution in [0.25, 0.3) is 0 Å². The molecule has 3 heteroatoms. The van der Waals surface area contributed by atoms with Gasteiger partial charge in [-0.05, 0) is 56.8 Å². The molecule has 109 valence electrons. The Balaban J connectivity index is 2.19. The predicted molar refractivity (Wildman–Crippen MR) is 101 cm³/mol. The van der Waals surface area contributed by atoms with Gasteiger partial charge in [0.1, 0.15) is 0 Å². The van der Waals surface area contributed by atoms with Crippen molar-refractivity contribution in [3.8, 4) is 0 Å². The molecule has 1 unspecified atom stereocenters. The van der Waals surface area contributed by atoms with E-state index < -0.39 is 9.04 Å². The second-order valence-electron chi connectivity index (χ2n) is 5.02. The molecule has 1 nitrogen and oxygen atoms in total. The van der Waals surface area contributed by atoms with E-state index in [0.29, 0.717) is 0 Å². The van der Waals surface area contributed by atoms with Crippen molar-refractivity contribution in [1.82, 2.24) is 0 Å². The molecule has 0 aliphatic rings. The fourth-order valence-corrected chi connectivity index (χ4v) is 4.41. The van der Waals surface area contributed by atoms with Gasteiger partial charge in [-0.25, -0.2) is 0 Å². The fraction of sp³-hybridized carbons (Fsp3) is 0.222. The van der Waals surface area contributed by atoms with Crippen LogP contribution in [0.5, 0.6) is 0 Å². The maximum absolute atomic E-state index is 6.43. The zero-order valence-corrected chi connectivity index (χ0v) is 15.6. The minimum absolute atomic E-state index is 0.226. The first kappa shape index (κ1) is 16.5. The van der Waals surface area contributed by atoms with E-state index in [1.165, 1.54) is 14.0 Å². The quantitative estimate of drug-likeness (QED) is 0.521. The lowest BCUT2D eigenvalue weighted by molar-refractivity contribution is 0.235. The Morgan fingerprint density at radius 2 is 1.52 bits per heavy atom. The molecule has 2 aromatic rings. The van der Waals surface area contributed by atoms with Crippen LogP contribution in [0, 0.1) is 0 Å². The normalized spacial score (nSPS) is 13.4. The van der Waals surface area contributed by atoms with Crippen LogP contribution in [0.4, 0.5) is 0 Å². The largest absolute Gasteiger partial charge is 0.404 e. The number of halogens is 1. The molecule has 1 radical (unpaired) electrons. The molecule has 0 N–H and O–H groups in total. The van der Waals surface area contributed by atoms with E-state index in [2.05, 4.69) is 103 Å². The van der Waals surface area contributed by atoms with Gasteiger partial charge in [-0.2, -0.15) is 0 Å². The van der Waals surface area contributed by atoms with Gasteiger partial charge >= 0.3 is 0 Å². The molecule has 0 saturated heterocycles. The van der Waals surface area contributed by atoms with E-state index in [1.54, 1.807) is 0 Å². The Hall–Kier alpha value is -0.913. The number of hydrogen-bond acceptors (Lipinski definition) is 1. The molecule has 2 aromatic carbocycles. The Kier molecular flexibility index (Phi) is 6.67. The second kappa shape index (κ2) is 8.51. The number of hydrogen-bond donors (Lipinski definition) is 0. The monoisotopic (exact) mass is 407 g/mol. The summed E-state index contributed by atoms with van der Waals surface area (Å²) < 4.78 is 7.74. The summed E-state index contributed by atoms with van der Waals surface area (Å²) in [6, 6.07) is 21.2. The van der Waals surface area contributed by atoms with Gasteiger partial charge in [-0.1, -0.05) is 66.7 Å². The minimum Gasteiger partial charge on any atom is -0.404 e. The molecular weight excluding hydrogens is 387 g/mol. The average Bonchev–Trinajstić information content (AvgIpc) is 2.52. The lowest BCUT2D eigenvalue weighted by Crippen LogP contribution is -2.46. The zero-order valence-electron chi connectivity index (χ0n) is 12.4. The summed E-state index contributed by atoms with van der Waals surface area (Å²) in [4.78, 5) is 0. The van der Waals surface area contributed by atoms with Crippen molar-refractivity contribution in [3.63, 3.8) is 0 Å². The highest BCUT2D eigenvalue weighted by molar-refractivity contribution is 14.1. The van der Waals surface area contributed by atoms with Crippen molar-refractivity contribution in [1.29, 1.82) is 0 Å². The van der Waals surface area contributed by atoms with Gasteiger partial charge in [0.05, 0.1) is 0 Å². The molecule has 21 heavy (non-hydrogen) atoms. The van der Waals surface area contributed by atoms with Crippen LogP contribution in [0.1, 0.15) is 20.3 Å². The smallest absolute Gasteiger partial charge is 0.283 e. The van der Waals surface area contributed by atoms with Gasteiger partial charge in [-0.3, -0.25) is 0 Å². The maximum atomic E-state index is 6.43. The Morgan fingerprint density at radius 1 is 1.05 bits per heavy atom. The van der Waals surface area contributed by atoms with Gasteiger partial charge in [0, 0.05) is 6.10 Å². The third-order valence-electron chi connectivity index (χ3n) is 3.12. The van der Waals surface area contributed by atoms with Gasteiger partial charge in [0.2, 0.25) is 0 Å². The molecule has 0 heterocycles. The summed E-state index contributed by atoms with van der Waals surface area (Å²) in [6.45, 7) is 4.28. The first-order chi connectivity index (χ1) is 10.2. The lowest BCUT2D eigenvalue weighted by atomic mass is 10.3. The lowest BCUT2D eigenvalue weighted by Gasteiger charge is -2.20. The SMILES string of the molecule is C/C(I)=C\CC(C)O[Si](c1ccccc1)c1ccccc1. The molecule has 0 aliphatic carbocycles. The standard InChI is InChI=1S/C18H20IOSi/c1-15(19)13-14-16(2)20-21(17-9-5-3-6-10-17)18-11-7-4-8-12-18/h3-13,16H,14H2,1-2H3/b15-13+. The third kappa shape index (κ3) is 5.41. The molecular formula is C18H20IOSi. The summed E-state index contributed by atoms with van der Waals surface area (Å²) in [5, 5.41) is 2.60. The van der Waals surface area contributed by atoms with Crippen molar-refractivity contribution in [2.75, 3.05) is 0 Å². The van der Waals surface area contributed by atoms with Crippen LogP contribution in [0.3, 0.4) is 0 Å². The number of rotatable bonds is 6. The predicted octanol–water partition coefficient (Wildman–Crippen LogP) is 3.93. The Labute approximate surface area is 142 Å². The highest BCUT2D eigenvalue weighted by Crippen LogP contribution is 2.09. The topological polar surface area (TPSA) is 9.23 Å². The van der Waals surface area contributed by atoms with E-state index in [9.17, 15) is 0 Å². The van der Waals surface area contributed by atoms with E-state index >= 15 is 0 Å². The fourth-order valence-electron chi connectivity index (χ4n) is 2.06. The van der Waals surface area contributed by atoms with Crippen LogP contribution < -0.4 is 10.4 Å². The summed E-state index contributed by atoms with van der Waals surface area (Å²) in [5.41, 5.74) is 0. The summed E-state index contributed by atoms with van der Waals surface area (Å²) in [6.07, 6.45) is 3.42. The highest BCUT2D eigenvalue weighted by atomic mass is 127. The van der Waals surface area contributed by atoms with Crippen molar-refractivity contribution in [2.45, 2.75) is 26.4 Å². The van der Waals surface area contributed by atoms with Crippen LogP contribution >= 0.6 is 22.6 Å². The molecule has 0 fully saturated rings. The molecule has 0 aromatic heterocycles. The maximum Gasteiger partial charge on any atom is 0.283 e. The summed E-state index contributed by atoms with van der Waals surface area (Å²) in [5.74, 6) is 0. The zero-order chi connectivity index (χ0) is 15.1. The van der Waals surface area contributed by atoms with Crippen molar-refractivity contribution >= 4 is 42.0 Å². The van der Waals surface area contributed by atoms with Gasteiger partial charge in [0.15, 0.2) is 0 Å². The van der Waals surface area contributed by atoms with E-state index in [-0.39, 0.29) is 6.10 Å². The molecule has 2 rings (SSSR count). The van der Waals surface area contributed by atoms with Crippen molar-refractivity contribution in [2.24, 2.45) is 0 Å². The van der Waals surface area contributed by atoms with E-state index in [4.69, 9.17) is 4.43 Å². The van der Waals surface area contributed by atoms with Crippen LogP contribution in [-0.2, 0) is 4.43 Å². The van der Waals surface area contributed by atoms with E-state index in [0.717, 1.165) is 6.42 Å². The molecule has 0 aliphatic heterocycles. The van der Waals surface area contributed by atoms with Gasteiger partial charge in [-0.15, -0.1) is 0 Å². The molecule has 0 spiro atoms. The van der Waals surface area contributed by atoms with Crippen molar-refractivity contribution in [3.05, 3.63) is 70.3 Å². The van der Waals surface area contributed by atoms with Gasteiger partial charge in [0.25, 0.3) is 9.04 Å². The summed E-state index contributed by atoms with van der Waals surface area (Å²) >= 11 is 2.35. The molecule has 0 saturated carbocycles. The van der Waals surface area contributed by atoms with Crippen molar-refractivity contribution < 1.29 is 4.43 Å². The highest BCUT2D eigenvalue weighted by Gasteiger charge is 2.21. The Bertz CT molecular complexity index is 525. The minimum atomic E-state index is -1.18. The number of benzene rings is 2. The molecule has 0 bridgehead atoms. The van der Waals surface area contributed by atoms with Crippen LogP contribution in [-0.4, -0.2) is 15.1 Å². The second-order valence-corrected chi connectivity index (χ2v) is 8.77. The number of allylic oxidation sites excluding steroid dienone is 1. The van der Waals surface area contributed by atoms with Gasteiger partial charge < -0.3 is 4.43 Å². The average molecular weight is 407 g/mol. The summed E-state index contributed by atoms with van der Waals surface area (Å²) in [7, 11) is -1.18. The third-order valence-corrected chi connectivity index (χ3v) is 5.92. The first-order valence-electron chi connectivity index (χ1n) is 7.13. The van der Waals surface area contributed by atoms with Crippen LogP contribution in [0.2, 0.25) is 0 Å².